The third kappa shape index (κ3) is 35.7. The molecule has 5 aliphatic heterocycles. The monoisotopic (exact) mass is 1130 g/mol. The van der Waals surface area contributed by atoms with Crippen LogP contribution in [0.4, 0.5) is 0 Å². The zero-order valence-electron chi connectivity index (χ0n) is 47.4. The second kappa shape index (κ2) is 27.9. The average Bonchev–Trinajstić information content (AvgIpc) is 3.20. The van der Waals surface area contributed by atoms with E-state index in [9.17, 15) is 47.2 Å². The van der Waals surface area contributed by atoms with E-state index >= 15 is 0 Å². The van der Waals surface area contributed by atoms with Crippen molar-refractivity contribution in [1.29, 1.82) is 0 Å². The lowest BCUT2D eigenvalue weighted by Gasteiger charge is -2.35. The first-order valence-electron chi connectivity index (χ1n) is 25.8. The molecule has 1 N–H and O–H groups in total. The Morgan fingerprint density at radius 2 is 0.792 bits per heavy atom. The van der Waals surface area contributed by atoms with Gasteiger partial charge in [-0.2, -0.15) is 0 Å². The van der Waals surface area contributed by atoms with Crippen molar-refractivity contribution < 1.29 is 70.9 Å². The van der Waals surface area contributed by atoms with Crippen molar-refractivity contribution in [2.45, 2.75) is 202 Å². The van der Waals surface area contributed by atoms with Gasteiger partial charge in [0.25, 0.3) is 0 Å². The predicted molar refractivity (Wildman–Crippen MR) is 291 cm³/mol. The Labute approximate surface area is 439 Å². The minimum atomic E-state index is -2.92. The molecular weight excluding hydrogens is 1030 g/mol. The van der Waals surface area contributed by atoms with Crippen molar-refractivity contribution in [2.24, 2.45) is 11.3 Å². The summed E-state index contributed by atoms with van der Waals surface area (Å²) < 4.78 is 140. The Morgan fingerprint density at radius 3 is 1.18 bits per heavy atom. The van der Waals surface area contributed by atoms with Gasteiger partial charge in [0.1, 0.15) is 19.7 Å². The summed E-state index contributed by atoms with van der Waals surface area (Å²) in [6.45, 7) is 36.4. The van der Waals surface area contributed by atoms with Crippen LogP contribution in [0.2, 0.25) is 0 Å². The van der Waals surface area contributed by atoms with Crippen LogP contribution in [0.1, 0.15) is 162 Å². The molecule has 22 heteroatoms. The van der Waals surface area contributed by atoms with Crippen LogP contribution < -0.4 is 0 Å². The van der Waals surface area contributed by atoms with E-state index in [2.05, 4.69) is 11.8 Å². The van der Waals surface area contributed by atoms with Gasteiger partial charge in [-0.15, -0.1) is 0 Å². The summed E-state index contributed by atoms with van der Waals surface area (Å²) in [5.41, 5.74) is -1.74. The van der Waals surface area contributed by atoms with E-state index in [1.54, 1.807) is 0 Å². The lowest BCUT2D eigenvalue weighted by atomic mass is 9.85. The molecule has 0 atom stereocenters. The van der Waals surface area contributed by atoms with Gasteiger partial charge in [-0.3, -0.25) is 4.90 Å². The smallest absolute Gasteiger partial charge is 0.152 e. The van der Waals surface area contributed by atoms with E-state index in [1.807, 2.05) is 104 Å². The second-order valence-corrected chi connectivity index (χ2v) is 37.2. The molecule has 5 rings (SSSR count). The van der Waals surface area contributed by atoms with Gasteiger partial charge in [0.15, 0.2) is 29.5 Å². The number of ether oxygens (including phenoxy) is 5. The SMILES string of the molecule is CC(C)(C)OC1CCS(=O)(=O)CC1.CC(C)(C)OCC1(O)CCS(=O)(=O)CC1.CC(C)(C)OCC1CCS(=O)(=O)CC1.CC(C)(C)OCCN1CCS(=O)(=O)CC1.CC1(COC(C)(C)C)CCS(=O)(=O)CC1. The topological polar surface area (TPSA) is 240 Å². The molecule has 17 nitrogen and oxygen atoms in total. The van der Waals surface area contributed by atoms with Crippen molar-refractivity contribution in [2.75, 3.05) is 104 Å². The molecule has 0 unspecified atom stereocenters. The van der Waals surface area contributed by atoms with Crippen LogP contribution in [0.25, 0.3) is 0 Å². The molecule has 72 heavy (non-hydrogen) atoms. The molecule has 0 aromatic rings. The summed E-state index contributed by atoms with van der Waals surface area (Å²) in [6.07, 6.45) is 4.98. The van der Waals surface area contributed by atoms with Crippen LogP contribution in [0.15, 0.2) is 0 Å². The highest BCUT2D eigenvalue weighted by atomic mass is 32.2. The van der Waals surface area contributed by atoms with Gasteiger partial charge < -0.3 is 28.8 Å². The molecule has 0 radical (unpaired) electrons. The maximum Gasteiger partial charge on any atom is 0.152 e. The molecule has 0 saturated carbocycles. The van der Waals surface area contributed by atoms with Crippen LogP contribution in [-0.2, 0) is 72.9 Å². The number of hydrogen-bond acceptors (Lipinski definition) is 17. The van der Waals surface area contributed by atoms with E-state index in [4.69, 9.17) is 23.7 Å². The Hall–Kier alpha value is -0.530. The molecule has 5 saturated heterocycles. The summed E-state index contributed by atoms with van der Waals surface area (Å²) in [7, 11) is -13.9. The molecule has 5 aliphatic rings. The van der Waals surface area contributed by atoms with E-state index in [0.717, 1.165) is 32.2 Å². The zero-order valence-corrected chi connectivity index (χ0v) is 51.5. The summed E-state index contributed by atoms with van der Waals surface area (Å²) in [5.74, 6) is 3.03. The van der Waals surface area contributed by atoms with Gasteiger partial charge in [-0.1, -0.05) is 6.92 Å². The van der Waals surface area contributed by atoms with Crippen LogP contribution >= 0.6 is 0 Å². The maximum atomic E-state index is 11.3. The Kier molecular flexibility index (Phi) is 26.9. The van der Waals surface area contributed by atoms with E-state index in [1.165, 1.54) is 0 Å². The predicted octanol–water partition coefficient (Wildman–Crippen LogP) is 6.29. The molecule has 0 amide bonds. The first-order chi connectivity index (χ1) is 32.1. The van der Waals surface area contributed by atoms with Gasteiger partial charge in [0.05, 0.1) is 124 Å². The quantitative estimate of drug-likeness (QED) is 0.253. The first-order valence-corrected chi connectivity index (χ1v) is 34.9. The van der Waals surface area contributed by atoms with Crippen LogP contribution in [-0.4, -0.2) is 195 Å². The lowest BCUT2D eigenvalue weighted by molar-refractivity contribution is -0.102. The highest BCUT2D eigenvalue weighted by molar-refractivity contribution is 7.92. The summed E-state index contributed by atoms with van der Waals surface area (Å²) in [5, 5.41) is 10.1. The summed E-state index contributed by atoms with van der Waals surface area (Å²) in [6, 6.07) is 0. The van der Waals surface area contributed by atoms with Gasteiger partial charge >= 0.3 is 0 Å². The second-order valence-electron chi connectivity index (χ2n) is 25.7. The number of sulfone groups is 5. The highest BCUT2D eigenvalue weighted by Crippen LogP contribution is 2.33. The third-order valence-corrected chi connectivity index (χ3v) is 20.6. The van der Waals surface area contributed by atoms with E-state index in [-0.39, 0.29) is 82.0 Å². The minimum absolute atomic E-state index is 0.0403. The van der Waals surface area contributed by atoms with E-state index in [0.29, 0.717) is 86.2 Å². The summed E-state index contributed by atoms with van der Waals surface area (Å²) in [4.78, 5) is 2.15. The highest BCUT2D eigenvalue weighted by Gasteiger charge is 2.37. The molecular formula is C50H101NO16S5. The van der Waals surface area contributed by atoms with Gasteiger partial charge in [0, 0.05) is 19.6 Å². The van der Waals surface area contributed by atoms with Crippen molar-refractivity contribution in [1.82, 2.24) is 4.90 Å². The fourth-order valence-electron chi connectivity index (χ4n) is 7.39. The molecule has 0 aromatic carbocycles. The number of aliphatic hydroxyl groups is 1. The van der Waals surface area contributed by atoms with Crippen molar-refractivity contribution >= 4 is 49.2 Å². The molecule has 0 aliphatic carbocycles. The van der Waals surface area contributed by atoms with Crippen molar-refractivity contribution in [3.05, 3.63) is 0 Å². The molecule has 432 valence electrons. The lowest BCUT2D eigenvalue weighted by Crippen LogP contribution is -2.44. The Morgan fingerprint density at radius 1 is 0.444 bits per heavy atom. The Bertz CT molecular complexity index is 2040. The molecule has 5 fully saturated rings. The van der Waals surface area contributed by atoms with Gasteiger partial charge in [-0.05, 0) is 167 Å². The zero-order chi connectivity index (χ0) is 55.9. The molecule has 0 spiro atoms. The van der Waals surface area contributed by atoms with Crippen LogP contribution in [0, 0.1) is 11.3 Å². The number of hydrogen-bond donors (Lipinski definition) is 1. The van der Waals surface area contributed by atoms with Crippen molar-refractivity contribution in [3.63, 3.8) is 0 Å². The van der Waals surface area contributed by atoms with Crippen molar-refractivity contribution in [3.8, 4) is 0 Å². The first kappa shape index (κ1) is 69.5. The largest absolute Gasteiger partial charge is 0.387 e. The Balaban J connectivity index is 0.000000450. The molecule has 0 bridgehead atoms. The number of nitrogens with zero attached hydrogens (tertiary/aromatic N) is 1. The van der Waals surface area contributed by atoms with Gasteiger partial charge in [0.2, 0.25) is 0 Å². The fraction of sp³-hybridized carbons (Fsp3) is 1.00. The third-order valence-electron chi connectivity index (χ3n) is 12.2. The van der Waals surface area contributed by atoms with Crippen LogP contribution in [0.5, 0.6) is 0 Å². The average molecular weight is 1130 g/mol. The maximum absolute atomic E-state index is 11.3. The van der Waals surface area contributed by atoms with Gasteiger partial charge in [-0.25, -0.2) is 42.1 Å². The fourth-order valence-corrected chi connectivity index (χ4v) is 15.1. The molecule has 5 heterocycles. The minimum Gasteiger partial charge on any atom is -0.387 e. The standard InChI is InChI=1S/C11H22O3S.C10H21NO3S.C10H20O4S.C10H20O3S.C9H18O3S/c1-10(2,3)14-9-11(4)5-7-15(12,13)8-6-11;1-10(2,3)14-7-4-11-5-8-15(12,13)9-6-11;1-9(2,3)14-8-10(11)4-6-15(12,13)7-5-10;1-10(2,3)13-8-9-4-6-14(11,12)7-5-9;1-9(2,3)12-8-4-6-13(10,11)7-5-8/h5-9H2,1-4H3;4-9H2,1-3H3;11H,4-8H2,1-3H3;9H,4-8H2,1-3H3;8H,4-7H2,1-3H3. The normalized spacial score (nSPS) is 24.2. The number of rotatable bonds is 10. The van der Waals surface area contributed by atoms with Crippen LogP contribution in [0.3, 0.4) is 0 Å². The van der Waals surface area contributed by atoms with E-state index < -0.39 is 54.8 Å². The summed E-state index contributed by atoms with van der Waals surface area (Å²) >= 11 is 0. The molecule has 0 aromatic heterocycles.